The predicted molar refractivity (Wildman–Crippen MR) is 74.9 cm³/mol. The van der Waals surface area contributed by atoms with Crippen molar-refractivity contribution in [2.24, 2.45) is 11.8 Å². The van der Waals surface area contributed by atoms with E-state index in [1.165, 1.54) is 31.4 Å². The highest BCUT2D eigenvalue weighted by molar-refractivity contribution is 5.05. The zero-order valence-corrected chi connectivity index (χ0v) is 11.8. The quantitative estimate of drug-likeness (QED) is 0.910. The van der Waals surface area contributed by atoms with Crippen LogP contribution in [0.2, 0.25) is 0 Å². The lowest BCUT2D eigenvalue weighted by molar-refractivity contribution is 0.0221. The second-order valence-corrected chi connectivity index (χ2v) is 6.17. The largest absolute Gasteiger partial charge is 0.369 e. The van der Waals surface area contributed by atoms with Gasteiger partial charge in [-0.1, -0.05) is 19.8 Å². The van der Waals surface area contributed by atoms with Gasteiger partial charge in [0.25, 0.3) is 0 Å². The lowest BCUT2D eigenvalue weighted by Crippen LogP contribution is -2.34. The van der Waals surface area contributed by atoms with Crippen LogP contribution in [0.25, 0.3) is 0 Å². The number of nitrogens with zero attached hydrogens (tertiary/aromatic N) is 2. The molecule has 1 saturated carbocycles. The SMILES string of the molecule is CC1CCCC(Cn2cncc2C2CNCCO2)C1. The summed E-state index contributed by atoms with van der Waals surface area (Å²) in [5, 5.41) is 3.39. The van der Waals surface area contributed by atoms with E-state index in [0.29, 0.717) is 0 Å². The van der Waals surface area contributed by atoms with Gasteiger partial charge >= 0.3 is 0 Å². The standard InChI is InChI=1S/C15H25N3O/c1-12-3-2-4-13(7-12)10-18-11-17-8-14(18)15-9-16-5-6-19-15/h8,11-13,15-16H,2-7,9-10H2,1H3. The molecule has 4 heteroatoms. The van der Waals surface area contributed by atoms with E-state index < -0.39 is 0 Å². The Balaban J connectivity index is 1.65. The van der Waals surface area contributed by atoms with Gasteiger partial charge in [-0.3, -0.25) is 0 Å². The van der Waals surface area contributed by atoms with Crippen molar-refractivity contribution in [2.45, 2.75) is 45.3 Å². The number of ether oxygens (including phenoxy) is 1. The van der Waals surface area contributed by atoms with E-state index in [1.54, 1.807) is 0 Å². The van der Waals surface area contributed by atoms with Crippen LogP contribution in [0.3, 0.4) is 0 Å². The van der Waals surface area contributed by atoms with E-state index in [-0.39, 0.29) is 6.10 Å². The number of nitrogens with one attached hydrogen (secondary N) is 1. The van der Waals surface area contributed by atoms with Crippen LogP contribution < -0.4 is 5.32 Å². The van der Waals surface area contributed by atoms with Crippen LogP contribution in [0, 0.1) is 11.8 Å². The molecule has 1 saturated heterocycles. The molecule has 0 radical (unpaired) electrons. The zero-order chi connectivity index (χ0) is 13.1. The molecule has 19 heavy (non-hydrogen) atoms. The molecule has 3 unspecified atom stereocenters. The molecule has 1 aromatic heterocycles. The van der Waals surface area contributed by atoms with E-state index in [4.69, 9.17) is 4.74 Å². The Bertz CT molecular complexity index is 398. The van der Waals surface area contributed by atoms with Gasteiger partial charge in [0.05, 0.1) is 24.8 Å². The Morgan fingerprint density at radius 3 is 3.21 bits per heavy atom. The number of hydrogen-bond donors (Lipinski definition) is 1. The topological polar surface area (TPSA) is 39.1 Å². The molecule has 1 N–H and O–H groups in total. The van der Waals surface area contributed by atoms with E-state index in [0.717, 1.165) is 38.1 Å². The zero-order valence-electron chi connectivity index (χ0n) is 11.8. The molecule has 0 bridgehead atoms. The third-order valence-corrected chi connectivity index (χ3v) is 4.50. The maximum Gasteiger partial charge on any atom is 0.111 e. The van der Waals surface area contributed by atoms with Crippen LogP contribution in [0.15, 0.2) is 12.5 Å². The van der Waals surface area contributed by atoms with Gasteiger partial charge < -0.3 is 14.6 Å². The molecule has 2 heterocycles. The molecule has 2 aliphatic rings. The average Bonchev–Trinajstić information content (AvgIpc) is 2.88. The van der Waals surface area contributed by atoms with E-state index in [2.05, 4.69) is 21.8 Å². The van der Waals surface area contributed by atoms with Crippen molar-refractivity contribution in [3.8, 4) is 0 Å². The minimum atomic E-state index is 0.178. The number of morpholine rings is 1. The highest BCUT2D eigenvalue weighted by Gasteiger charge is 2.23. The van der Waals surface area contributed by atoms with Gasteiger partial charge in [0.15, 0.2) is 0 Å². The second-order valence-electron chi connectivity index (χ2n) is 6.17. The van der Waals surface area contributed by atoms with Crippen LogP contribution in [0.1, 0.15) is 44.4 Å². The number of aromatic nitrogens is 2. The first-order valence-electron chi connectivity index (χ1n) is 7.65. The molecule has 0 amide bonds. The molecular formula is C15H25N3O. The summed E-state index contributed by atoms with van der Waals surface area (Å²) < 4.78 is 8.17. The summed E-state index contributed by atoms with van der Waals surface area (Å²) in [5.74, 6) is 1.70. The Kier molecular flexibility index (Phi) is 4.18. The van der Waals surface area contributed by atoms with Crippen molar-refractivity contribution in [2.75, 3.05) is 19.7 Å². The normalized spacial score (nSPS) is 32.4. The molecule has 2 fully saturated rings. The first-order valence-corrected chi connectivity index (χ1v) is 7.65. The number of imidazole rings is 1. The van der Waals surface area contributed by atoms with E-state index in [9.17, 15) is 0 Å². The van der Waals surface area contributed by atoms with Crippen molar-refractivity contribution < 1.29 is 4.74 Å². The highest BCUT2D eigenvalue weighted by atomic mass is 16.5. The third-order valence-electron chi connectivity index (χ3n) is 4.50. The van der Waals surface area contributed by atoms with Crippen molar-refractivity contribution >= 4 is 0 Å². The smallest absolute Gasteiger partial charge is 0.111 e. The maximum atomic E-state index is 5.85. The molecular weight excluding hydrogens is 238 g/mol. The second kappa shape index (κ2) is 6.06. The number of rotatable bonds is 3. The van der Waals surface area contributed by atoms with Gasteiger partial charge in [-0.2, -0.15) is 0 Å². The van der Waals surface area contributed by atoms with Gasteiger partial charge in [-0.25, -0.2) is 4.98 Å². The summed E-state index contributed by atoms with van der Waals surface area (Å²) >= 11 is 0. The van der Waals surface area contributed by atoms with Crippen LogP contribution in [-0.4, -0.2) is 29.2 Å². The molecule has 3 atom stereocenters. The summed E-state index contributed by atoms with van der Waals surface area (Å²) in [4.78, 5) is 4.34. The van der Waals surface area contributed by atoms with Crippen molar-refractivity contribution in [1.29, 1.82) is 0 Å². The van der Waals surface area contributed by atoms with Gasteiger partial charge in [0, 0.05) is 19.6 Å². The molecule has 0 spiro atoms. The molecule has 106 valence electrons. The molecule has 1 aromatic rings. The Hall–Kier alpha value is -0.870. The predicted octanol–water partition coefficient (Wildman–Crippen LogP) is 2.37. The maximum absolute atomic E-state index is 5.85. The Morgan fingerprint density at radius 2 is 2.42 bits per heavy atom. The molecule has 0 aromatic carbocycles. The van der Waals surface area contributed by atoms with Gasteiger partial charge in [-0.05, 0) is 24.7 Å². The van der Waals surface area contributed by atoms with E-state index >= 15 is 0 Å². The fourth-order valence-electron chi connectivity index (χ4n) is 3.51. The molecule has 4 nitrogen and oxygen atoms in total. The summed E-state index contributed by atoms with van der Waals surface area (Å²) in [6, 6.07) is 0. The van der Waals surface area contributed by atoms with E-state index in [1.807, 2.05) is 12.5 Å². The monoisotopic (exact) mass is 263 g/mol. The first-order chi connectivity index (χ1) is 9.33. The average molecular weight is 263 g/mol. The third kappa shape index (κ3) is 3.18. The van der Waals surface area contributed by atoms with Crippen LogP contribution in [-0.2, 0) is 11.3 Å². The van der Waals surface area contributed by atoms with Crippen molar-refractivity contribution in [1.82, 2.24) is 14.9 Å². The van der Waals surface area contributed by atoms with Gasteiger partial charge in [0.2, 0.25) is 0 Å². The first kappa shape index (κ1) is 13.1. The van der Waals surface area contributed by atoms with Crippen molar-refractivity contribution in [3.05, 3.63) is 18.2 Å². The summed E-state index contributed by atoms with van der Waals surface area (Å²) in [6.07, 6.45) is 9.65. The molecule has 1 aliphatic heterocycles. The summed E-state index contributed by atoms with van der Waals surface area (Å²) in [5.41, 5.74) is 1.24. The highest BCUT2D eigenvalue weighted by Crippen LogP contribution is 2.30. The summed E-state index contributed by atoms with van der Waals surface area (Å²) in [6.45, 7) is 6.17. The fraction of sp³-hybridized carbons (Fsp3) is 0.800. The Morgan fingerprint density at radius 1 is 1.47 bits per heavy atom. The number of hydrogen-bond acceptors (Lipinski definition) is 3. The lowest BCUT2D eigenvalue weighted by atomic mass is 9.82. The van der Waals surface area contributed by atoms with Crippen LogP contribution in [0.5, 0.6) is 0 Å². The van der Waals surface area contributed by atoms with Crippen molar-refractivity contribution in [3.63, 3.8) is 0 Å². The lowest BCUT2D eigenvalue weighted by Gasteiger charge is -2.29. The van der Waals surface area contributed by atoms with Gasteiger partial charge in [-0.15, -0.1) is 0 Å². The van der Waals surface area contributed by atoms with Crippen LogP contribution in [0.4, 0.5) is 0 Å². The molecule has 3 rings (SSSR count). The Labute approximate surface area is 115 Å². The summed E-state index contributed by atoms with van der Waals surface area (Å²) in [7, 11) is 0. The van der Waals surface area contributed by atoms with Gasteiger partial charge in [0.1, 0.15) is 6.10 Å². The fourth-order valence-corrected chi connectivity index (χ4v) is 3.51. The molecule has 1 aliphatic carbocycles. The minimum Gasteiger partial charge on any atom is -0.369 e. The minimum absolute atomic E-state index is 0.178. The van der Waals surface area contributed by atoms with Crippen LogP contribution >= 0.6 is 0 Å².